The predicted octanol–water partition coefficient (Wildman–Crippen LogP) is 6.15. The van der Waals surface area contributed by atoms with Gasteiger partial charge in [-0.2, -0.15) is 0 Å². The topological polar surface area (TPSA) is 50.8 Å². The Balaban J connectivity index is 1.58. The van der Waals surface area contributed by atoms with Gasteiger partial charge in [-0.15, -0.1) is 0 Å². The third kappa shape index (κ3) is 5.14. The van der Waals surface area contributed by atoms with Crippen molar-refractivity contribution in [3.8, 4) is 11.5 Å². The Kier molecular flexibility index (Phi) is 6.88. The van der Waals surface area contributed by atoms with Crippen LogP contribution in [0.15, 0.2) is 66.4 Å². The molecule has 0 bridgehead atoms. The highest BCUT2D eigenvalue weighted by Gasteiger charge is 2.32. The fourth-order valence-corrected chi connectivity index (χ4v) is 4.21. The Bertz CT molecular complexity index is 1280. The van der Waals surface area contributed by atoms with Crippen molar-refractivity contribution in [2.75, 3.05) is 12.0 Å². The molecule has 0 saturated carbocycles. The van der Waals surface area contributed by atoms with Crippen LogP contribution in [0.3, 0.4) is 0 Å². The maximum Gasteiger partial charge on any atom is 0.281 e. The molecule has 1 amide bonds. The van der Waals surface area contributed by atoms with Crippen LogP contribution in [0, 0.1) is 6.92 Å². The number of nitrogens with zero attached hydrogens (tertiary/aromatic N) is 1. The molecule has 3 aromatic rings. The number of amides is 1. The first-order valence-corrected chi connectivity index (χ1v) is 11.2. The lowest BCUT2D eigenvalue weighted by Crippen LogP contribution is -2.30. The molecular formula is C25H20Cl2N2O3S. The maximum absolute atomic E-state index is 13.0. The molecule has 0 atom stereocenters. The van der Waals surface area contributed by atoms with Crippen LogP contribution in [0.2, 0.25) is 10.0 Å². The van der Waals surface area contributed by atoms with E-state index >= 15 is 0 Å². The first-order chi connectivity index (χ1) is 15.9. The number of anilines is 1. The summed E-state index contributed by atoms with van der Waals surface area (Å²) in [6, 6.07) is 18.3. The summed E-state index contributed by atoms with van der Waals surface area (Å²) in [5, 5.41) is 4.31. The van der Waals surface area contributed by atoms with E-state index in [-0.39, 0.29) is 12.5 Å². The molecule has 1 N–H and O–H groups in total. The van der Waals surface area contributed by atoms with Crippen LogP contribution in [0.1, 0.15) is 16.7 Å². The summed E-state index contributed by atoms with van der Waals surface area (Å²) in [4.78, 5) is 14.5. The molecule has 5 nitrogen and oxygen atoms in total. The molecule has 0 unspecified atom stereocenters. The normalized spacial score (nSPS) is 14.5. The van der Waals surface area contributed by atoms with Crippen molar-refractivity contribution in [2.24, 2.45) is 0 Å². The zero-order chi connectivity index (χ0) is 23.5. The number of carbonyl (C=O) groups excluding carboxylic acids is 1. The van der Waals surface area contributed by atoms with E-state index in [0.29, 0.717) is 32.4 Å². The van der Waals surface area contributed by atoms with Crippen LogP contribution in [-0.2, 0) is 11.4 Å². The minimum absolute atomic E-state index is 0.216. The molecule has 4 rings (SSSR count). The SMILES string of the molecule is COc1ccc(/C=C2/NC(=S)N(c3cccc(C)c3)C2=O)cc1COc1ccc(Cl)cc1Cl. The van der Waals surface area contributed by atoms with Crippen molar-refractivity contribution in [1.82, 2.24) is 5.32 Å². The maximum atomic E-state index is 13.0. The number of hydrogen-bond acceptors (Lipinski definition) is 4. The van der Waals surface area contributed by atoms with Crippen LogP contribution in [-0.4, -0.2) is 18.1 Å². The third-order valence-electron chi connectivity index (χ3n) is 5.03. The molecule has 1 saturated heterocycles. The van der Waals surface area contributed by atoms with Gasteiger partial charge < -0.3 is 14.8 Å². The van der Waals surface area contributed by atoms with Crippen molar-refractivity contribution >= 4 is 58.2 Å². The van der Waals surface area contributed by atoms with Gasteiger partial charge in [0, 0.05) is 10.6 Å². The molecule has 1 aliphatic rings. The van der Waals surface area contributed by atoms with E-state index in [9.17, 15) is 4.79 Å². The average molecular weight is 499 g/mol. The number of rotatable bonds is 6. The molecule has 1 aliphatic heterocycles. The van der Waals surface area contributed by atoms with Crippen LogP contribution < -0.4 is 19.7 Å². The van der Waals surface area contributed by atoms with Gasteiger partial charge in [-0.3, -0.25) is 9.69 Å². The lowest BCUT2D eigenvalue weighted by atomic mass is 10.1. The molecule has 1 heterocycles. The molecule has 33 heavy (non-hydrogen) atoms. The van der Waals surface area contributed by atoms with Gasteiger partial charge in [0.2, 0.25) is 0 Å². The summed E-state index contributed by atoms with van der Waals surface area (Å²) in [6.07, 6.45) is 1.75. The van der Waals surface area contributed by atoms with Crippen molar-refractivity contribution in [3.63, 3.8) is 0 Å². The Morgan fingerprint density at radius 3 is 2.58 bits per heavy atom. The summed E-state index contributed by atoms with van der Waals surface area (Å²) >= 11 is 17.6. The van der Waals surface area contributed by atoms with Crippen molar-refractivity contribution < 1.29 is 14.3 Å². The smallest absolute Gasteiger partial charge is 0.281 e. The molecule has 0 radical (unpaired) electrons. The van der Waals surface area contributed by atoms with Crippen molar-refractivity contribution in [3.05, 3.63) is 93.1 Å². The molecule has 0 aromatic heterocycles. The fraction of sp³-hybridized carbons (Fsp3) is 0.120. The van der Waals surface area contributed by atoms with E-state index in [0.717, 1.165) is 22.4 Å². The molecule has 8 heteroatoms. The fourth-order valence-electron chi connectivity index (χ4n) is 3.45. The zero-order valence-electron chi connectivity index (χ0n) is 17.9. The minimum Gasteiger partial charge on any atom is -0.496 e. The molecule has 0 spiro atoms. The quantitative estimate of drug-likeness (QED) is 0.326. The van der Waals surface area contributed by atoms with E-state index in [1.165, 1.54) is 4.90 Å². The number of methoxy groups -OCH3 is 1. The summed E-state index contributed by atoms with van der Waals surface area (Å²) in [5.41, 5.74) is 3.74. The van der Waals surface area contributed by atoms with Gasteiger partial charge in [-0.25, -0.2) is 0 Å². The van der Waals surface area contributed by atoms with E-state index in [4.69, 9.17) is 44.9 Å². The second-order valence-corrected chi connectivity index (χ2v) is 8.63. The molecule has 1 fully saturated rings. The highest BCUT2D eigenvalue weighted by molar-refractivity contribution is 7.80. The highest BCUT2D eigenvalue weighted by atomic mass is 35.5. The van der Waals surface area contributed by atoms with Gasteiger partial charge in [0.05, 0.1) is 17.8 Å². The minimum atomic E-state index is -0.216. The van der Waals surface area contributed by atoms with Gasteiger partial charge in [-0.05, 0) is 78.8 Å². The summed E-state index contributed by atoms with van der Waals surface area (Å²) < 4.78 is 11.3. The van der Waals surface area contributed by atoms with Gasteiger partial charge in [-0.1, -0.05) is 41.4 Å². The second-order valence-electron chi connectivity index (χ2n) is 7.40. The van der Waals surface area contributed by atoms with Gasteiger partial charge in [0.25, 0.3) is 5.91 Å². The number of halogens is 2. The Hall–Kier alpha value is -3.06. The number of aryl methyl sites for hydroxylation is 1. The number of thiocarbonyl (C=S) groups is 1. The molecular weight excluding hydrogens is 479 g/mol. The second kappa shape index (κ2) is 9.83. The summed E-state index contributed by atoms with van der Waals surface area (Å²) in [5.74, 6) is 0.954. The largest absolute Gasteiger partial charge is 0.496 e. The van der Waals surface area contributed by atoms with Gasteiger partial charge >= 0.3 is 0 Å². The number of benzene rings is 3. The third-order valence-corrected chi connectivity index (χ3v) is 5.85. The van der Waals surface area contributed by atoms with Crippen LogP contribution >= 0.6 is 35.4 Å². The van der Waals surface area contributed by atoms with Gasteiger partial charge in [0.15, 0.2) is 5.11 Å². The van der Waals surface area contributed by atoms with Crippen molar-refractivity contribution in [1.29, 1.82) is 0 Å². The number of nitrogens with one attached hydrogen (secondary N) is 1. The van der Waals surface area contributed by atoms with Crippen LogP contribution in [0.25, 0.3) is 6.08 Å². The standard InChI is InChI=1S/C25H20Cl2N2O3S/c1-15-4-3-5-19(10-15)29-24(30)21(28-25(29)33)12-16-6-8-22(31-2)17(11-16)14-32-23-9-7-18(26)13-20(23)27/h3-13H,14H2,1-2H3,(H,28,33)/b21-12+. The van der Waals surface area contributed by atoms with Crippen LogP contribution in [0.4, 0.5) is 5.69 Å². The average Bonchev–Trinajstić information content (AvgIpc) is 3.06. The monoisotopic (exact) mass is 498 g/mol. The zero-order valence-corrected chi connectivity index (χ0v) is 20.2. The molecule has 3 aromatic carbocycles. The van der Waals surface area contributed by atoms with E-state index in [1.807, 2.05) is 49.4 Å². The Labute approximate surface area is 207 Å². The number of carbonyl (C=O) groups is 1. The number of hydrogen-bond donors (Lipinski definition) is 1. The first-order valence-electron chi connectivity index (χ1n) is 10.0. The Morgan fingerprint density at radius 2 is 1.85 bits per heavy atom. The lowest BCUT2D eigenvalue weighted by Gasteiger charge is -2.14. The van der Waals surface area contributed by atoms with Crippen molar-refractivity contribution in [2.45, 2.75) is 13.5 Å². The molecule has 0 aliphatic carbocycles. The summed E-state index contributed by atoms with van der Waals surface area (Å²) in [6.45, 7) is 2.19. The van der Waals surface area contributed by atoms with E-state index in [1.54, 1.807) is 31.4 Å². The van der Waals surface area contributed by atoms with Crippen LogP contribution in [0.5, 0.6) is 11.5 Å². The summed E-state index contributed by atoms with van der Waals surface area (Å²) in [7, 11) is 1.59. The first kappa shape index (κ1) is 23.1. The highest BCUT2D eigenvalue weighted by Crippen LogP contribution is 2.30. The lowest BCUT2D eigenvalue weighted by molar-refractivity contribution is -0.113. The van der Waals surface area contributed by atoms with E-state index < -0.39 is 0 Å². The predicted molar refractivity (Wildman–Crippen MR) is 136 cm³/mol. The Morgan fingerprint density at radius 1 is 1.06 bits per heavy atom. The van der Waals surface area contributed by atoms with E-state index in [2.05, 4.69) is 5.32 Å². The number of ether oxygens (including phenoxy) is 2. The molecule has 168 valence electrons. The van der Waals surface area contributed by atoms with Gasteiger partial charge in [0.1, 0.15) is 23.8 Å².